The lowest BCUT2D eigenvalue weighted by Crippen LogP contribution is -2.33. The van der Waals surface area contributed by atoms with Crippen LogP contribution in [0.5, 0.6) is 0 Å². The smallest absolute Gasteiger partial charge is 0.0516 e. The lowest BCUT2D eigenvalue weighted by molar-refractivity contribution is 0.173. The van der Waals surface area contributed by atoms with Crippen LogP contribution in [0.25, 0.3) is 0 Å². The molecule has 0 aliphatic carbocycles. The first-order valence-electron chi connectivity index (χ1n) is 6.38. The zero-order valence-electron chi connectivity index (χ0n) is 10.4. The van der Waals surface area contributed by atoms with Gasteiger partial charge in [0.25, 0.3) is 0 Å². The summed E-state index contributed by atoms with van der Waals surface area (Å²) in [6.45, 7) is 4.72. The van der Waals surface area contributed by atoms with Crippen molar-refractivity contribution in [1.29, 1.82) is 0 Å². The molecule has 17 heavy (non-hydrogen) atoms. The summed E-state index contributed by atoms with van der Waals surface area (Å²) in [6.07, 6.45) is 4.02. The van der Waals surface area contributed by atoms with Gasteiger partial charge in [0.05, 0.1) is 5.02 Å². The maximum atomic E-state index is 5.94. The number of hydrogen-bond acceptors (Lipinski definition) is 3. The number of likely N-dealkylation sites (tertiary alicyclic amines) is 1. The summed E-state index contributed by atoms with van der Waals surface area (Å²) in [5, 5.41) is 6.15. The molecule has 96 valence electrons. The molecule has 0 radical (unpaired) electrons. The average molecular weight is 273 g/mol. The highest BCUT2D eigenvalue weighted by Gasteiger charge is 2.18. The fourth-order valence-corrected chi connectivity index (χ4v) is 3.55. The third-order valence-electron chi connectivity index (χ3n) is 3.51. The Kier molecular flexibility index (Phi) is 5.29. The van der Waals surface area contributed by atoms with Crippen LogP contribution >= 0.6 is 22.9 Å². The molecule has 2 rings (SSSR count). The molecular formula is C13H21ClN2S. The third kappa shape index (κ3) is 4.25. The minimum Gasteiger partial charge on any atom is -0.320 e. The van der Waals surface area contributed by atoms with Gasteiger partial charge in [-0.05, 0) is 57.9 Å². The Morgan fingerprint density at radius 3 is 2.82 bits per heavy atom. The molecule has 0 atom stereocenters. The van der Waals surface area contributed by atoms with E-state index in [9.17, 15) is 0 Å². The molecule has 0 saturated carbocycles. The first-order chi connectivity index (χ1) is 8.28. The van der Waals surface area contributed by atoms with Crippen molar-refractivity contribution in [3.63, 3.8) is 0 Å². The van der Waals surface area contributed by atoms with Crippen molar-refractivity contribution < 1.29 is 0 Å². The van der Waals surface area contributed by atoms with Gasteiger partial charge in [-0.2, -0.15) is 0 Å². The molecule has 1 aromatic heterocycles. The molecular weight excluding hydrogens is 252 g/mol. The van der Waals surface area contributed by atoms with Crippen LogP contribution in [0.2, 0.25) is 5.02 Å². The second-order valence-electron chi connectivity index (χ2n) is 4.84. The van der Waals surface area contributed by atoms with Crippen LogP contribution in [-0.4, -0.2) is 31.6 Å². The number of nitrogens with zero attached hydrogens (tertiary/aromatic N) is 1. The Balaban J connectivity index is 1.72. The Bertz CT molecular complexity index is 332. The van der Waals surface area contributed by atoms with E-state index in [1.54, 1.807) is 11.3 Å². The molecule has 1 aromatic rings. The van der Waals surface area contributed by atoms with Gasteiger partial charge in [-0.3, -0.25) is 4.90 Å². The normalized spacial score (nSPS) is 18.7. The summed E-state index contributed by atoms with van der Waals surface area (Å²) in [4.78, 5) is 3.95. The lowest BCUT2D eigenvalue weighted by Gasteiger charge is -2.31. The van der Waals surface area contributed by atoms with Gasteiger partial charge in [-0.15, -0.1) is 11.3 Å². The van der Waals surface area contributed by atoms with Gasteiger partial charge < -0.3 is 5.32 Å². The van der Waals surface area contributed by atoms with Gasteiger partial charge in [0.1, 0.15) is 0 Å². The van der Waals surface area contributed by atoms with Gasteiger partial charge in [0.15, 0.2) is 0 Å². The predicted molar refractivity (Wildman–Crippen MR) is 75.9 cm³/mol. The first kappa shape index (κ1) is 13.3. The minimum atomic E-state index is 0.883. The summed E-state index contributed by atoms with van der Waals surface area (Å²) >= 11 is 7.72. The topological polar surface area (TPSA) is 15.3 Å². The van der Waals surface area contributed by atoms with E-state index in [2.05, 4.69) is 16.3 Å². The van der Waals surface area contributed by atoms with Crippen LogP contribution in [0.3, 0.4) is 0 Å². The number of thiophene rings is 1. The van der Waals surface area contributed by atoms with Gasteiger partial charge in [-0.25, -0.2) is 0 Å². The molecule has 1 aliphatic heterocycles. The zero-order valence-corrected chi connectivity index (χ0v) is 12.0. The van der Waals surface area contributed by atoms with Crippen molar-refractivity contribution >= 4 is 22.9 Å². The molecule has 0 unspecified atom stereocenters. The monoisotopic (exact) mass is 272 g/mol. The highest BCUT2D eigenvalue weighted by molar-refractivity contribution is 7.10. The van der Waals surface area contributed by atoms with Crippen LogP contribution in [0.4, 0.5) is 0 Å². The van der Waals surface area contributed by atoms with Crippen LogP contribution in [0.15, 0.2) is 11.4 Å². The first-order valence-corrected chi connectivity index (χ1v) is 7.63. The fraction of sp³-hybridized carbons (Fsp3) is 0.692. The molecule has 1 aliphatic rings. The average Bonchev–Trinajstić information content (AvgIpc) is 2.74. The standard InChI is InChI=1S/C13H21ClN2S/c1-15-5-2-11-3-6-16(7-4-11)9-13-8-12(14)10-17-13/h8,10-11,15H,2-7,9H2,1H3. The molecule has 1 N–H and O–H groups in total. The van der Waals surface area contributed by atoms with Crippen molar-refractivity contribution in [2.45, 2.75) is 25.8 Å². The number of hydrogen-bond donors (Lipinski definition) is 1. The van der Waals surface area contributed by atoms with E-state index in [0.29, 0.717) is 0 Å². The summed E-state index contributed by atoms with van der Waals surface area (Å²) in [7, 11) is 2.04. The molecule has 1 saturated heterocycles. The van der Waals surface area contributed by atoms with Crippen LogP contribution < -0.4 is 5.32 Å². The second-order valence-corrected chi connectivity index (χ2v) is 6.28. The van der Waals surface area contributed by atoms with E-state index in [4.69, 9.17) is 11.6 Å². The van der Waals surface area contributed by atoms with E-state index in [0.717, 1.165) is 24.0 Å². The SMILES string of the molecule is CNCCC1CCN(Cc2cc(Cl)cs2)CC1. The molecule has 0 aromatic carbocycles. The van der Waals surface area contributed by atoms with Gasteiger partial charge >= 0.3 is 0 Å². The fourth-order valence-electron chi connectivity index (χ4n) is 2.44. The highest BCUT2D eigenvalue weighted by Crippen LogP contribution is 2.24. The van der Waals surface area contributed by atoms with E-state index >= 15 is 0 Å². The van der Waals surface area contributed by atoms with E-state index in [1.807, 2.05) is 12.4 Å². The Morgan fingerprint density at radius 2 is 2.24 bits per heavy atom. The Morgan fingerprint density at radius 1 is 1.47 bits per heavy atom. The number of piperidine rings is 1. The molecule has 1 fully saturated rings. The van der Waals surface area contributed by atoms with Crippen molar-refractivity contribution in [2.24, 2.45) is 5.92 Å². The molecule has 0 amide bonds. The Labute approximate surface area is 113 Å². The van der Waals surface area contributed by atoms with Crippen molar-refractivity contribution in [1.82, 2.24) is 10.2 Å². The minimum absolute atomic E-state index is 0.883. The molecule has 0 spiro atoms. The van der Waals surface area contributed by atoms with E-state index in [-0.39, 0.29) is 0 Å². The number of halogens is 1. The molecule has 2 heterocycles. The summed E-state index contributed by atoms with van der Waals surface area (Å²) in [6, 6.07) is 2.10. The van der Waals surface area contributed by atoms with Crippen molar-refractivity contribution in [3.8, 4) is 0 Å². The zero-order chi connectivity index (χ0) is 12.1. The van der Waals surface area contributed by atoms with Crippen molar-refractivity contribution in [2.75, 3.05) is 26.7 Å². The summed E-state index contributed by atoms with van der Waals surface area (Å²) < 4.78 is 0. The maximum absolute atomic E-state index is 5.94. The molecule has 4 heteroatoms. The van der Waals surface area contributed by atoms with Gasteiger partial charge in [-0.1, -0.05) is 11.6 Å². The number of rotatable bonds is 5. The quantitative estimate of drug-likeness (QED) is 0.885. The lowest BCUT2D eigenvalue weighted by atomic mass is 9.93. The van der Waals surface area contributed by atoms with E-state index < -0.39 is 0 Å². The van der Waals surface area contributed by atoms with Crippen molar-refractivity contribution in [3.05, 3.63) is 21.3 Å². The summed E-state index contributed by atoms with van der Waals surface area (Å²) in [5.41, 5.74) is 0. The highest BCUT2D eigenvalue weighted by atomic mass is 35.5. The summed E-state index contributed by atoms with van der Waals surface area (Å²) in [5.74, 6) is 0.922. The molecule has 0 bridgehead atoms. The van der Waals surface area contributed by atoms with Crippen LogP contribution in [0.1, 0.15) is 24.1 Å². The molecule has 2 nitrogen and oxygen atoms in total. The largest absolute Gasteiger partial charge is 0.320 e. The van der Waals surface area contributed by atoms with E-state index in [1.165, 1.54) is 37.2 Å². The second kappa shape index (κ2) is 6.74. The van der Waals surface area contributed by atoms with Crippen LogP contribution in [0, 0.1) is 5.92 Å². The van der Waals surface area contributed by atoms with Gasteiger partial charge in [0.2, 0.25) is 0 Å². The van der Waals surface area contributed by atoms with Gasteiger partial charge in [0, 0.05) is 16.8 Å². The maximum Gasteiger partial charge on any atom is 0.0516 e. The predicted octanol–water partition coefficient (Wildman–Crippen LogP) is 3.22. The van der Waals surface area contributed by atoms with Crippen LogP contribution in [-0.2, 0) is 6.54 Å². The number of nitrogens with one attached hydrogen (secondary N) is 1. The third-order valence-corrected chi connectivity index (χ3v) is 4.78. The Hall–Kier alpha value is -0.0900.